The van der Waals surface area contributed by atoms with Crippen molar-refractivity contribution in [1.29, 1.82) is 0 Å². The summed E-state index contributed by atoms with van der Waals surface area (Å²) in [6.07, 6.45) is 15.1. The average Bonchev–Trinajstić information content (AvgIpc) is 2.70. The molecule has 0 aliphatic heterocycles. The summed E-state index contributed by atoms with van der Waals surface area (Å²) >= 11 is -2.64. The van der Waals surface area contributed by atoms with Gasteiger partial charge in [0.05, 0.1) is 0 Å². The second kappa shape index (κ2) is 11.5. The molecular formula is C23H36OSSn. The summed E-state index contributed by atoms with van der Waals surface area (Å²) in [5.41, 5.74) is 0. The normalized spacial score (nSPS) is 18.6. The third-order valence-corrected chi connectivity index (χ3v) is 23.0. The molecule has 1 aromatic rings. The summed E-state index contributed by atoms with van der Waals surface area (Å²) in [5.74, 6) is 0. The van der Waals surface area contributed by atoms with Crippen LogP contribution in [0, 0.1) is 0 Å². The maximum absolute atomic E-state index is 13.5. The number of rotatable bonds is 11. The molecule has 2 unspecified atom stereocenters. The first-order chi connectivity index (χ1) is 12.7. The van der Waals surface area contributed by atoms with E-state index in [-0.39, 0.29) is 5.25 Å². The summed E-state index contributed by atoms with van der Waals surface area (Å²) in [6.45, 7) is 8.70. The van der Waals surface area contributed by atoms with Crippen molar-refractivity contribution in [2.45, 2.75) is 82.2 Å². The fourth-order valence-electron chi connectivity index (χ4n) is 4.22. The van der Waals surface area contributed by atoms with Crippen LogP contribution in [0.25, 0.3) is 0 Å². The quantitative estimate of drug-likeness (QED) is 0.267. The van der Waals surface area contributed by atoms with E-state index in [4.69, 9.17) is 0 Å². The van der Waals surface area contributed by atoms with Crippen LogP contribution in [-0.4, -0.2) is 27.8 Å². The van der Waals surface area contributed by atoms with Crippen LogP contribution in [0.5, 0.6) is 0 Å². The Kier molecular flexibility index (Phi) is 9.69. The zero-order valence-corrected chi connectivity index (χ0v) is 20.4. The van der Waals surface area contributed by atoms with Gasteiger partial charge < -0.3 is 0 Å². The molecule has 0 N–H and O–H groups in total. The van der Waals surface area contributed by atoms with E-state index in [0.29, 0.717) is 0 Å². The van der Waals surface area contributed by atoms with Gasteiger partial charge in [0.1, 0.15) is 0 Å². The molecule has 1 aliphatic rings. The van der Waals surface area contributed by atoms with Crippen molar-refractivity contribution in [3.8, 4) is 0 Å². The van der Waals surface area contributed by atoms with Crippen LogP contribution in [0.15, 0.2) is 54.0 Å². The molecule has 2 atom stereocenters. The molecule has 0 saturated carbocycles. The van der Waals surface area contributed by atoms with Gasteiger partial charge in [-0.3, -0.25) is 0 Å². The molecule has 0 heterocycles. The number of hydrogen-bond donors (Lipinski definition) is 0. The summed E-state index contributed by atoms with van der Waals surface area (Å²) in [5, 5.41) is 0.204. The van der Waals surface area contributed by atoms with E-state index in [2.05, 4.69) is 62.9 Å². The molecule has 0 spiro atoms. The Morgan fingerprint density at radius 2 is 1.88 bits per heavy atom. The fourth-order valence-corrected chi connectivity index (χ4v) is 22.5. The van der Waals surface area contributed by atoms with E-state index in [1.807, 2.05) is 0 Å². The van der Waals surface area contributed by atoms with Crippen molar-refractivity contribution >= 4 is 32.8 Å². The standard InChI is InChI=1S/C12H13OS.2C4H9.C3H5.Sn/c13-14(11-7-3-1-4-8-11)12-9-5-2-6-10-12;2*1-3-4-2;1-3-2;/h1,3-5,7,9,12H,2,6,10H2;2*1,3-4H2,2H3;3H,1-2H2;. The van der Waals surface area contributed by atoms with E-state index < -0.39 is 29.2 Å². The van der Waals surface area contributed by atoms with Crippen molar-refractivity contribution in [2.75, 3.05) is 0 Å². The zero-order valence-electron chi connectivity index (χ0n) is 16.7. The van der Waals surface area contributed by atoms with Gasteiger partial charge in [-0.25, -0.2) is 0 Å². The number of allylic oxidation sites excluding steroid dienone is 2. The number of unbranched alkanes of at least 4 members (excludes halogenated alkanes) is 2. The van der Waals surface area contributed by atoms with Crippen LogP contribution < -0.4 is 3.58 Å². The molecule has 0 aromatic heterocycles. The molecule has 1 nitrogen and oxygen atoms in total. The van der Waals surface area contributed by atoms with E-state index in [9.17, 15) is 4.21 Å². The van der Waals surface area contributed by atoms with E-state index >= 15 is 0 Å². The maximum atomic E-state index is 13.5. The van der Waals surface area contributed by atoms with Crippen molar-refractivity contribution in [3.63, 3.8) is 0 Å². The van der Waals surface area contributed by atoms with Crippen molar-refractivity contribution in [3.05, 3.63) is 49.1 Å². The fraction of sp³-hybridized carbons (Fsp3) is 0.565. The second-order valence-corrected chi connectivity index (χ2v) is 22.2. The summed E-state index contributed by atoms with van der Waals surface area (Å²) < 4.78 is 18.9. The molecule has 0 saturated heterocycles. The molecule has 2 rings (SSSR count). The van der Waals surface area contributed by atoms with Gasteiger partial charge in [-0.1, -0.05) is 0 Å². The summed E-state index contributed by atoms with van der Waals surface area (Å²) in [7, 11) is -0.911. The van der Waals surface area contributed by atoms with Crippen LogP contribution in [0.4, 0.5) is 0 Å². The minimum absolute atomic E-state index is 0.204. The van der Waals surface area contributed by atoms with Gasteiger partial charge >= 0.3 is 168 Å². The Morgan fingerprint density at radius 3 is 2.46 bits per heavy atom. The summed E-state index contributed by atoms with van der Waals surface area (Å²) in [4.78, 5) is 1.16. The van der Waals surface area contributed by atoms with Crippen molar-refractivity contribution in [1.82, 2.24) is 0 Å². The molecular weight excluding hydrogens is 443 g/mol. The zero-order chi connectivity index (χ0) is 18.8. The van der Waals surface area contributed by atoms with Crippen LogP contribution in [-0.2, 0) is 10.8 Å². The third-order valence-electron chi connectivity index (χ3n) is 5.71. The minimum atomic E-state index is -2.64. The first-order valence-electron chi connectivity index (χ1n) is 10.5. The average molecular weight is 479 g/mol. The molecule has 1 aliphatic carbocycles. The molecule has 3 heteroatoms. The van der Waals surface area contributed by atoms with Crippen LogP contribution in [0.2, 0.25) is 13.3 Å². The van der Waals surface area contributed by atoms with Crippen LogP contribution >= 0.6 is 0 Å². The Bertz CT molecular complexity index is 614. The summed E-state index contributed by atoms with van der Waals surface area (Å²) in [6, 6.07) is 8.78. The molecule has 0 radical (unpaired) electrons. The van der Waals surface area contributed by atoms with Crippen LogP contribution in [0.1, 0.15) is 58.8 Å². The molecule has 144 valence electrons. The Balaban J connectivity index is 2.45. The SMILES string of the molecule is C=C[CH2][Sn]([CH2]CCC)([CH2]CCC)[c]1ccccc1S(=O)C1C=CCCC1. The van der Waals surface area contributed by atoms with Crippen molar-refractivity contribution in [2.24, 2.45) is 0 Å². The molecule has 0 bridgehead atoms. The number of hydrogen-bond acceptors (Lipinski definition) is 1. The predicted molar refractivity (Wildman–Crippen MR) is 119 cm³/mol. The molecule has 0 fully saturated rings. The van der Waals surface area contributed by atoms with E-state index in [0.717, 1.165) is 17.7 Å². The molecule has 26 heavy (non-hydrogen) atoms. The molecule has 0 amide bonds. The van der Waals surface area contributed by atoms with Crippen LogP contribution in [0.3, 0.4) is 0 Å². The monoisotopic (exact) mass is 480 g/mol. The van der Waals surface area contributed by atoms with Crippen molar-refractivity contribution < 1.29 is 4.21 Å². The third kappa shape index (κ3) is 5.57. The van der Waals surface area contributed by atoms with E-state index in [1.165, 1.54) is 49.0 Å². The topological polar surface area (TPSA) is 17.1 Å². The van der Waals surface area contributed by atoms with Gasteiger partial charge in [-0.2, -0.15) is 0 Å². The predicted octanol–water partition coefficient (Wildman–Crippen LogP) is 6.34. The van der Waals surface area contributed by atoms with Gasteiger partial charge in [0.15, 0.2) is 0 Å². The van der Waals surface area contributed by atoms with Gasteiger partial charge in [0, 0.05) is 0 Å². The van der Waals surface area contributed by atoms with Gasteiger partial charge in [0.25, 0.3) is 0 Å². The van der Waals surface area contributed by atoms with Gasteiger partial charge in [-0.05, 0) is 0 Å². The van der Waals surface area contributed by atoms with Gasteiger partial charge in [-0.15, -0.1) is 0 Å². The number of benzene rings is 1. The second-order valence-electron chi connectivity index (χ2n) is 7.67. The first-order valence-corrected chi connectivity index (χ1v) is 19.2. The first kappa shape index (κ1) is 21.9. The molecule has 1 aromatic carbocycles. The Labute approximate surface area is 167 Å². The Morgan fingerprint density at radius 1 is 1.19 bits per heavy atom. The van der Waals surface area contributed by atoms with Gasteiger partial charge in [0.2, 0.25) is 0 Å². The van der Waals surface area contributed by atoms with E-state index in [1.54, 1.807) is 0 Å². The Hall–Kier alpha value is -0.351.